The van der Waals surface area contributed by atoms with Crippen molar-refractivity contribution in [3.05, 3.63) is 71.4 Å². The van der Waals surface area contributed by atoms with Crippen molar-refractivity contribution in [2.45, 2.75) is 6.18 Å². The number of carboxylic acid groups (broad SMARTS) is 1. The van der Waals surface area contributed by atoms with Crippen molar-refractivity contribution in [3.8, 4) is 0 Å². The molecule has 0 aliphatic heterocycles. The summed E-state index contributed by atoms with van der Waals surface area (Å²) in [5.74, 6) is -2.27. The van der Waals surface area contributed by atoms with Crippen molar-refractivity contribution >= 4 is 28.5 Å². The van der Waals surface area contributed by atoms with Gasteiger partial charge in [0.15, 0.2) is 5.69 Å². The molecule has 0 spiro atoms. The quantitative estimate of drug-likeness (QED) is 0.734. The van der Waals surface area contributed by atoms with Crippen LogP contribution in [0.25, 0.3) is 10.9 Å². The van der Waals surface area contributed by atoms with Crippen molar-refractivity contribution < 1.29 is 27.9 Å². The van der Waals surface area contributed by atoms with E-state index in [1.54, 1.807) is 24.3 Å². The first-order chi connectivity index (χ1) is 12.3. The molecule has 26 heavy (non-hydrogen) atoms. The van der Waals surface area contributed by atoms with Gasteiger partial charge in [0.2, 0.25) is 0 Å². The van der Waals surface area contributed by atoms with Gasteiger partial charge in [0.1, 0.15) is 0 Å². The van der Waals surface area contributed by atoms with Gasteiger partial charge >= 0.3 is 12.1 Å². The van der Waals surface area contributed by atoms with E-state index in [0.29, 0.717) is 10.9 Å². The lowest BCUT2D eigenvalue weighted by molar-refractivity contribution is -0.137. The molecule has 1 aromatic heterocycles. The Hall–Kier alpha value is -3.42. The van der Waals surface area contributed by atoms with Gasteiger partial charge in [-0.15, -0.1) is 0 Å². The number of amides is 1. The fourth-order valence-electron chi connectivity index (χ4n) is 2.42. The molecule has 0 unspecified atom stereocenters. The maximum Gasteiger partial charge on any atom is 0.416 e. The van der Waals surface area contributed by atoms with Gasteiger partial charge in [-0.2, -0.15) is 13.2 Å². The molecule has 0 atom stereocenters. The van der Waals surface area contributed by atoms with Gasteiger partial charge in [0.05, 0.1) is 16.6 Å². The number of alkyl halides is 3. The van der Waals surface area contributed by atoms with Crippen LogP contribution in [0.3, 0.4) is 0 Å². The summed E-state index contributed by atoms with van der Waals surface area (Å²) in [4.78, 5) is 27.8. The van der Waals surface area contributed by atoms with Crippen LogP contribution in [0.15, 0.2) is 54.6 Å². The summed E-state index contributed by atoms with van der Waals surface area (Å²) < 4.78 is 38.3. The lowest BCUT2D eigenvalue weighted by Gasteiger charge is -2.11. The average Bonchev–Trinajstić information content (AvgIpc) is 2.60. The van der Waals surface area contributed by atoms with E-state index in [1.165, 1.54) is 12.1 Å². The summed E-state index contributed by atoms with van der Waals surface area (Å²) in [6.45, 7) is 0. The number of hydrogen-bond donors (Lipinski definition) is 2. The van der Waals surface area contributed by atoms with Gasteiger partial charge in [-0.1, -0.05) is 24.3 Å². The number of carboxylic acids is 1. The molecular formula is C18H11F3N2O3. The van der Waals surface area contributed by atoms with E-state index in [2.05, 4.69) is 10.3 Å². The topological polar surface area (TPSA) is 79.3 Å². The zero-order valence-electron chi connectivity index (χ0n) is 13.0. The van der Waals surface area contributed by atoms with Crippen molar-refractivity contribution in [1.82, 2.24) is 4.98 Å². The molecule has 1 heterocycles. The standard InChI is InChI=1S/C18H11F3N2O3/c19-18(20,21)11-5-3-6-12(9-11)22-16(24)13-8-10-4-1-2-7-14(10)23-15(13)17(25)26/h1-9H,(H,22,24)(H,25,26). The Bertz CT molecular complexity index is 1020. The van der Waals surface area contributed by atoms with Crippen LogP contribution in [0, 0.1) is 0 Å². The molecule has 3 aromatic rings. The van der Waals surface area contributed by atoms with E-state index in [-0.39, 0.29) is 11.3 Å². The van der Waals surface area contributed by atoms with Crippen LogP contribution < -0.4 is 5.32 Å². The molecule has 8 heteroatoms. The SMILES string of the molecule is O=C(Nc1cccc(C(F)(F)F)c1)c1cc2ccccc2nc1C(=O)O. The monoisotopic (exact) mass is 360 g/mol. The summed E-state index contributed by atoms with van der Waals surface area (Å²) in [5, 5.41) is 12.1. The van der Waals surface area contributed by atoms with Crippen LogP contribution in [0.5, 0.6) is 0 Å². The van der Waals surface area contributed by atoms with Crippen LogP contribution in [-0.4, -0.2) is 22.0 Å². The van der Waals surface area contributed by atoms with E-state index < -0.39 is 29.3 Å². The Balaban J connectivity index is 2.00. The highest BCUT2D eigenvalue weighted by Gasteiger charge is 2.30. The molecular weight excluding hydrogens is 349 g/mol. The first kappa shape index (κ1) is 17.4. The second-order valence-electron chi connectivity index (χ2n) is 5.42. The maximum absolute atomic E-state index is 12.8. The normalized spacial score (nSPS) is 11.3. The van der Waals surface area contributed by atoms with Crippen molar-refractivity contribution in [2.75, 3.05) is 5.32 Å². The second kappa shape index (κ2) is 6.47. The Morgan fingerprint density at radius 2 is 1.73 bits per heavy atom. The number of nitrogens with zero attached hydrogens (tertiary/aromatic N) is 1. The number of hydrogen-bond acceptors (Lipinski definition) is 3. The smallest absolute Gasteiger partial charge is 0.416 e. The van der Waals surface area contributed by atoms with Crippen LogP contribution >= 0.6 is 0 Å². The zero-order valence-corrected chi connectivity index (χ0v) is 13.0. The summed E-state index contributed by atoms with van der Waals surface area (Å²) in [7, 11) is 0. The number of aromatic nitrogens is 1. The molecule has 5 nitrogen and oxygen atoms in total. The van der Waals surface area contributed by atoms with Crippen LogP contribution in [0.4, 0.5) is 18.9 Å². The van der Waals surface area contributed by atoms with Crippen molar-refractivity contribution in [1.29, 1.82) is 0 Å². The number of rotatable bonds is 3. The van der Waals surface area contributed by atoms with Gasteiger partial charge < -0.3 is 10.4 Å². The van der Waals surface area contributed by atoms with Gasteiger partial charge in [-0.05, 0) is 30.3 Å². The zero-order chi connectivity index (χ0) is 18.9. The molecule has 0 radical (unpaired) electrons. The molecule has 0 saturated heterocycles. The van der Waals surface area contributed by atoms with Gasteiger partial charge in [0.25, 0.3) is 5.91 Å². The molecule has 0 saturated carbocycles. The summed E-state index contributed by atoms with van der Waals surface area (Å²) >= 11 is 0. The largest absolute Gasteiger partial charge is 0.476 e. The molecule has 3 rings (SSSR count). The molecule has 1 amide bonds. The van der Waals surface area contributed by atoms with E-state index in [1.807, 2.05) is 0 Å². The molecule has 0 bridgehead atoms. The second-order valence-corrected chi connectivity index (χ2v) is 5.42. The third-order valence-corrected chi connectivity index (χ3v) is 3.62. The highest BCUT2D eigenvalue weighted by atomic mass is 19.4. The Kier molecular flexibility index (Phi) is 4.33. The Morgan fingerprint density at radius 3 is 2.42 bits per heavy atom. The third-order valence-electron chi connectivity index (χ3n) is 3.62. The molecule has 2 aromatic carbocycles. The summed E-state index contributed by atoms with van der Waals surface area (Å²) in [5.41, 5.74) is -1.36. The minimum absolute atomic E-state index is 0.102. The molecule has 0 aliphatic carbocycles. The van der Waals surface area contributed by atoms with E-state index in [9.17, 15) is 27.9 Å². The number of pyridine rings is 1. The lowest BCUT2D eigenvalue weighted by atomic mass is 10.1. The predicted molar refractivity (Wildman–Crippen MR) is 88.1 cm³/mol. The Morgan fingerprint density at radius 1 is 1.00 bits per heavy atom. The third kappa shape index (κ3) is 3.49. The number of carbonyl (C=O) groups is 2. The van der Waals surface area contributed by atoms with E-state index >= 15 is 0 Å². The number of carbonyl (C=O) groups excluding carboxylic acids is 1. The number of anilines is 1. The minimum Gasteiger partial charge on any atom is -0.476 e. The molecule has 2 N–H and O–H groups in total. The highest BCUT2D eigenvalue weighted by Crippen LogP contribution is 2.30. The lowest BCUT2D eigenvalue weighted by Crippen LogP contribution is -2.18. The van der Waals surface area contributed by atoms with Crippen LogP contribution in [0.1, 0.15) is 26.4 Å². The van der Waals surface area contributed by atoms with E-state index in [0.717, 1.165) is 18.2 Å². The van der Waals surface area contributed by atoms with Crippen molar-refractivity contribution in [3.63, 3.8) is 0 Å². The Labute approximate surface area is 145 Å². The van der Waals surface area contributed by atoms with Gasteiger partial charge in [-0.25, -0.2) is 9.78 Å². The highest BCUT2D eigenvalue weighted by molar-refractivity contribution is 6.11. The van der Waals surface area contributed by atoms with Gasteiger partial charge in [0, 0.05) is 11.1 Å². The average molecular weight is 360 g/mol. The number of aromatic carboxylic acids is 1. The fraction of sp³-hybridized carbons (Fsp3) is 0.0556. The number of para-hydroxylation sites is 1. The molecule has 132 valence electrons. The summed E-state index contributed by atoms with van der Waals surface area (Å²) in [6, 6.07) is 12.0. The van der Waals surface area contributed by atoms with Gasteiger partial charge in [-0.3, -0.25) is 4.79 Å². The van der Waals surface area contributed by atoms with Crippen LogP contribution in [0.2, 0.25) is 0 Å². The maximum atomic E-state index is 12.8. The first-order valence-electron chi connectivity index (χ1n) is 7.37. The summed E-state index contributed by atoms with van der Waals surface area (Å²) in [6.07, 6.45) is -4.56. The number of benzene rings is 2. The first-order valence-corrected chi connectivity index (χ1v) is 7.37. The van der Waals surface area contributed by atoms with E-state index in [4.69, 9.17) is 0 Å². The van der Waals surface area contributed by atoms with Crippen molar-refractivity contribution in [2.24, 2.45) is 0 Å². The number of halogens is 3. The predicted octanol–water partition coefficient (Wildman–Crippen LogP) is 4.20. The molecule has 0 fully saturated rings. The number of nitrogens with one attached hydrogen (secondary N) is 1. The fourth-order valence-corrected chi connectivity index (χ4v) is 2.42. The minimum atomic E-state index is -4.56. The van der Waals surface area contributed by atoms with Crippen LogP contribution in [-0.2, 0) is 6.18 Å². The number of fused-ring (bicyclic) bond motifs is 1. The molecule has 0 aliphatic rings.